The molecular formula is C9H17N3. The van der Waals surface area contributed by atoms with Crippen LogP contribution in [0.1, 0.15) is 26.2 Å². The van der Waals surface area contributed by atoms with Gasteiger partial charge in [0.15, 0.2) is 0 Å². The monoisotopic (exact) mass is 167 g/mol. The molecule has 0 aromatic rings. The van der Waals surface area contributed by atoms with Gasteiger partial charge in [-0.3, -0.25) is 0 Å². The van der Waals surface area contributed by atoms with Crippen LogP contribution in [0.25, 0.3) is 0 Å². The SMILES string of the molecule is CN(CCC(C)(N)C#N)C1CC1. The molecule has 12 heavy (non-hydrogen) atoms. The van der Waals surface area contributed by atoms with E-state index < -0.39 is 5.54 Å². The quantitative estimate of drug-likeness (QED) is 0.671. The Bertz CT molecular complexity index is 188. The van der Waals surface area contributed by atoms with Gasteiger partial charge < -0.3 is 10.6 Å². The predicted molar refractivity (Wildman–Crippen MR) is 48.5 cm³/mol. The maximum Gasteiger partial charge on any atom is 0.102 e. The molecular weight excluding hydrogens is 150 g/mol. The van der Waals surface area contributed by atoms with Crippen LogP contribution in [-0.4, -0.2) is 30.1 Å². The number of nitriles is 1. The maximum absolute atomic E-state index is 8.67. The Kier molecular flexibility index (Phi) is 2.71. The minimum Gasteiger partial charge on any atom is -0.314 e. The zero-order valence-electron chi connectivity index (χ0n) is 7.88. The molecule has 1 rings (SSSR count). The fraction of sp³-hybridized carbons (Fsp3) is 0.889. The molecule has 3 nitrogen and oxygen atoms in total. The van der Waals surface area contributed by atoms with Crippen LogP contribution in [0.3, 0.4) is 0 Å². The van der Waals surface area contributed by atoms with Crippen LogP contribution in [0.15, 0.2) is 0 Å². The standard InChI is InChI=1S/C9H17N3/c1-9(11,7-10)5-6-12(2)8-3-4-8/h8H,3-6,11H2,1-2H3. The summed E-state index contributed by atoms with van der Waals surface area (Å²) in [5.74, 6) is 0. The second-order valence-electron chi connectivity index (χ2n) is 3.99. The number of hydrogen-bond acceptors (Lipinski definition) is 3. The average molecular weight is 167 g/mol. The Morgan fingerprint density at radius 1 is 1.67 bits per heavy atom. The topological polar surface area (TPSA) is 53.0 Å². The summed E-state index contributed by atoms with van der Waals surface area (Å²) in [5.41, 5.74) is 5.05. The highest BCUT2D eigenvalue weighted by molar-refractivity contribution is 5.01. The minimum atomic E-state index is -0.650. The lowest BCUT2D eigenvalue weighted by molar-refractivity contribution is 0.298. The highest BCUT2D eigenvalue weighted by Gasteiger charge is 2.27. The minimum absolute atomic E-state index is 0.650. The molecule has 3 heteroatoms. The molecule has 2 N–H and O–H groups in total. The zero-order chi connectivity index (χ0) is 9.19. The lowest BCUT2D eigenvalue weighted by Gasteiger charge is -2.20. The van der Waals surface area contributed by atoms with Gasteiger partial charge in [0, 0.05) is 12.6 Å². The van der Waals surface area contributed by atoms with Crippen molar-refractivity contribution in [3.05, 3.63) is 0 Å². The first kappa shape index (κ1) is 9.50. The van der Waals surface area contributed by atoms with Crippen molar-refractivity contribution < 1.29 is 0 Å². The van der Waals surface area contributed by atoms with Crippen LogP contribution in [0.2, 0.25) is 0 Å². The Labute approximate surface area is 74.1 Å². The Morgan fingerprint density at radius 3 is 2.67 bits per heavy atom. The molecule has 0 spiro atoms. The van der Waals surface area contributed by atoms with E-state index in [0.29, 0.717) is 0 Å². The second-order valence-corrected chi connectivity index (χ2v) is 3.99. The van der Waals surface area contributed by atoms with Crippen molar-refractivity contribution in [2.45, 2.75) is 37.8 Å². The smallest absolute Gasteiger partial charge is 0.102 e. The third kappa shape index (κ3) is 2.80. The molecule has 1 aliphatic rings. The van der Waals surface area contributed by atoms with E-state index in [1.165, 1.54) is 12.8 Å². The Morgan fingerprint density at radius 2 is 2.25 bits per heavy atom. The van der Waals surface area contributed by atoms with Gasteiger partial charge in [-0.05, 0) is 33.2 Å². The zero-order valence-corrected chi connectivity index (χ0v) is 7.88. The average Bonchev–Trinajstić information content (AvgIpc) is 2.83. The summed E-state index contributed by atoms with van der Waals surface area (Å²) in [6.07, 6.45) is 3.38. The molecule has 0 saturated heterocycles. The van der Waals surface area contributed by atoms with E-state index in [-0.39, 0.29) is 0 Å². The van der Waals surface area contributed by atoms with E-state index >= 15 is 0 Å². The largest absolute Gasteiger partial charge is 0.314 e. The van der Waals surface area contributed by atoms with Gasteiger partial charge in [0.2, 0.25) is 0 Å². The predicted octanol–water partition coefficient (Wildman–Crippen LogP) is 0.712. The van der Waals surface area contributed by atoms with Crippen LogP contribution in [0, 0.1) is 11.3 Å². The summed E-state index contributed by atoms with van der Waals surface area (Å²) in [7, 11) is 2.10. The van der Waals surface area contributed by atoms with Gasteiger partial charge in [-0.25, -0.2) is 0 Å². The van der Waals surface area contributed by atoms with Gasteiger partial charge in [-0.15, -0.1) is 0 Å². The first-order valence-corrected chi connectivity index (χ1v) is 4.45. The van der Waals surface area contributed by atoms with Crippen molar-refractivity contribution in [3.8, 4) is 6.07 Å². The van der Waals surface area contributed by atoms with Crippen molar-refractivity contribution in [2.24, 2.45) is 5.73 Å². The summed E-state index contributed by atoms with van der Waals surface area (Å²) in [5, 5.41) is 8.67. The van der Waals surface area contributed by atoms with Gasteiger partial charge in [0.1, 0.15) is 5.54 Å². The fourth-order valence-electron chi connectivity index (χ4n) is 1.16. The molecule has 1 atom stereocenters. The van der Waals surface area contributed by atoms with E-state index in [1.54, 1.807) is 6.92 Å². The molecule has 0 aromatic heterocycles. The molecule has 1 saturated carbocycles. The molecule has 0 amide bonds. The van der Waals surface area contributed by atoms with E-state index in [1.807, 2.05) is 0 Å². The van der Waals surface area contributed by atoms with Crippen molar-refractivity contribution in [2.75, 3.05) is 13.6 Å². The van der Waals surface area contributed by atoms with Crippen molar-refractivity contribution >= 4 is 0 Å². The lowest BCUT2D eigenvalue weighted by Crippen LogP contribution is -2.38. The molecule has 1 unspecified atom stereocenters. The van der Waals surface area contributed by atoms with Gasteiger partial charge in [0.05, 0.1) is 6.07 Å². The molecule has 1 aliphatic carbocycles. The Hall–Kier alpha value is -0.590. The summed E-state index contributed by atoms with van der Waals surface area (Å²) < 4.78 is 0. The second kappa shape index (κ2) is 3.42. The van der Waals surface area contributed by atoms with E-state index in [0.717, 1.165) is 19.0 Å². The first-order valence-electron chi connectivity index (χ1n) is 4.45. The van der Waals surface area contributed by atoms with Gasteiger partial charge in [-0.1, -0.05) is 0 Å². The van der Waals surface area contributed by atoms with Crippen LogP contribution >= 0.6 is 0 Å². The van der Waals surface area contributed by atoms with Crippen LogP contribution in [0.4, 0.5) is 0 Å². The molecule has 0 bridgehead atoms. The normalized spacial score (nSPS) is 21.9. The number of nitrogens with zero attached hydrogens (tertiary/aromatic N) is 2. The molecule has 0 heterocycles. The van der Waals surface area contributed by atoms with Crippen molar-refractivity contribution in [1.82, 2.24) is 4.90 Å². The van der Waals surface area contributed by atoms with Gasteiger partial charge in [0.25, 0.3) is 0 Å². The molecule has 0 radical (unpaired) electrons. The van der Waals surface area contributed by atoms with Gasteiger partial charge >= 0.3 is 0 Å². The molecule has 68 valence electrons. The van der Waals surface area contributed by atoms with E-state index in [4.69, 9.17) is 11.0 Å². The van der Waals surface area contributed by atoms with Gasteiger partial charge in [-0.2, -0.15) is 5.26 Å². The van der Waals surface area contributed by atoms with Crippen molar-refractivity contribution in [3.63, 3.8) is 0 Å². The van der Waals surface area contributed by atoms with E-state index in [2.05, 4.69) is 18.0 Å². The van der Waals surface area contributed by atoms with Crippen LogP contribution in [-0.2, 0) is 0 Å². The maximum atomic E-state index is 8.67. The molecule has 1 fully saturated rings. The highest BCUT2D eigenvalue weighted by atomic mass is 15.1. The van der Waals surface area contributed by atoms with E-state index in [9.17, 15) is 0 Å². The summed E-state index contributed by atoms with van der Waals surface area (Å²) in [6.45, 7) is 2.72. The summed E-state index contributed by atoms with van der Waals surface area (Å²) in [4.78, 5) is 2.29. The number of nitrogens with two attached hydrogens (primary N) is 1. The third-order valence-corrected chi connectivity index (χ3v) is 2.41. The fourth-order valence-corrected chi connectivity index (χ4v) is 1.16. The Balaban J connectivity index is 2.20. The highest BCUT2D eigenvalue weighted by Crippen LogP contribution is 2.25. The number of rotatable bonds is 4. The lowest BCUT2D eigenvalue weighted by atomic mass is 10.0. The van der Waals surface area contributed by atoms with Crippen molar-refractivity contribution in [1.29, 1.82) is 5.26 Å². The molecule has 0 aliphatic heterocycles. The number of hydrogen-bond donors (Lipinski definition) is 1. The summed E-state index contributed by atoms with van der Waals surface area (Å²) in [6, 6.07) is 2.87. The summed E-state index contributed by atoms with van der Waals surface area (Å²) >= 11 is 0. The van der Waals surface area contributed by atoms with Crippen LogP contribution < -0.4 is 5.73 Å². The van der Waals surface area contributed by atoms with Crippen LogP contribution in [0.5, 0.6) is 0 Å². The third-order valence-electron chi connectivity index (χ3n) is 2.41. The molecule has 0 aromatic carbocycles. The first-order chi connectivity index (χ1) is 5.55.